The van der Waals surface area contributed by atoms with Crippen molar-refractivity contribution < 1.29 is 11.0 Å². The number of hydrogen-bond donors (Lipinski definition) is 2. The number of benzene rings is 1. The molecular formula is C11H14BN3O2. The van der Waals surface area contributed by atoms with E-state index in [0.29, 0.717) is 5.69 Å². The number of nitrogen functional groups attached to an aromatic ring is 1. The summed E-state index contributed by atoms with van der Waals surface area (Å²) in [7, 11) is 5.66. The molecule has 1 aromatic carbocycles. The molecule has 1 heterocycles. The summed E-state index contributed by atoms with van der Waals surface area (Å²) in [6.45, 7) is 0. The van der Waals surface area contributed by atoms with E-state index >= 15 is 0 Å². The van der Waals surface area contributed by atoms with Crippen molar-refractivity contribution >= 4 is 30.5 Å². The van der Waals surface area contributed by atoms with Gasteiger partial charge in [0.15, 0.2) is 0 Å². The third-order valence-electron chi connectivity index (χ3n) is 1.95. The molecule has 0 atom stereocenters. The fourth-order valence-electron chi connectivity index (χ4n) is 1.24. The molecule has 0 aliphatic heterocycles. The Morgan fingerprint density at radius 3 is 2.47 bits per heavy atom. The lowest BCUT2D eigenvalue weighted by atomic mass is 9.96. The quantitative estimate of drug-likeness (QED) is 0.682. The van der Waals surface area contributed by atoms with E-state index in [1.807, 2.05) is 30.3 Å². The molecule has 0 saturated carbocycles. The molecule has 0 saturated heterocycles. The number of aromatic nitrogens is 1. The first-order chi connectivity index (χ1) is 7.24. The first-order valence-electron chi connectivity index (χ1n) is 4.58. The molecular weight excluding hydrogens is 217 g/mol. The fourth-order valence-corrected chi connectivity index (χ4v) is 1.24. The van der Waals surface area contributed by atoms with Gasteiger partial charge in [-0.1, -0.05) is 17.6 Å². The summed E-state index contributed by atoms with van der Waals surface area (Å²) in [5.41, 5.74) is 7.81. The molecule has 2 aromatic rings. The third-order valence-corrected chi connectivity index (χ3v) is 1.95. The van der Waals surface area contributed by atoms with Crippen molar-refractivity contribution in [1.29, 1.82) is 0 Å². The van der Waals surface area contributed by atoms with Gasteiger partial charge in [-0.15, -0.1) is 0 Å². The Morgan fingerprint density at radius 2 is 1.88 bits per heavy atom. The highest BCUT2D eigenvalue weighted by Crippen LogP contribution is 2.13. The molecule has 0 amide bonds. The van der Waals surface area contributed by atoms with Crippen molar-refractivity contribution in [2.24, 2.45) is 0 Å². The van der Waals surface area contributed by atoms with Crippen LogP contribution in [0.5, 0.6) is 0 Å². The molecule has 2 rings (SSSR count). The molecule has 0 aliphatic carbocycles. The Labute approximate surface area is 101 Å². The third kappa shape index (κ3) is 4.14. The second-order valence-electron chi connectivity index (χ2n) is 3.23. The largest absolute Gasteiger partial charge is 0.412 e. The minimum Gasteiger partial charge on any atom is -0.412 e. The number of rotatable bonds is 2. The van der Waals surface area contributed by atoms with Gasteiger partial charge >= 0.3 is 0 Å². The van der Waals surface area contributed by atoms with E-state index in [-0.39, 0.29) is 11.0 Å². The molecule has 1 aromatic heterocycles. The van der Waals surface area contributed by atoms with Gasteiger partial charge in [0.05, 0.1) is 11.9 Å². The minimum absolute atomic E-state index is 0. The van der Waals surface area contributed by atoms with Gasteiger partial charge in [0.25, 0.3) is 0 Å². The van der Waals surface area contributed by atoms with Crippen molar-refractivity contribution in [1.82, 2.24) is 4.98 Å². The van der Waals surface area contributed by atoms with Crippen LogP contribution in [-0.4, -0.2) is 23.8 Å². The average Bonchev–Trinajstić information content (AvgIpc) is 2.22. The molecule has 5 nitrogen and oxygen atoms in total. The number of anilines is 3. The zero-order valence-electron chi connectivity index (χ0n) is 9.14. The van der Waals surface area contributed by atoms with Crippen LogP contribution in [0.3, 0.4) is 0 Å². The predicted molar refractivity (Wildman–Crippen MR) is 71.0 cm³/mol. The second kappa shape index (κ2) is 6.52. The van der Waals surface area contributed by atoms with Gasteiger partial charge in [0.2, 0.25) is 0 Å². The highest BCUT2D eigenvalue weighted by atomic mass is 16.0. The number of nitrogens with one attached hydrogen (secondary N) is 1. The summed E-state index contributed by atoms with van der Waals surface area (Å²) in [4.78, 5) is 4.13. The van der Waals surface area contributed by atoms with Crippen LogP contribution in [0, 0.1) is 0 Å². The molecule has 7 N–H and O–H groups in total. The Balaban J connectivity index is 0.00000128. The number of pyridine rings is 1. The van der Waals surface area contributed by atoms with Gasteiger partial charge in [-0.05, 0) is 24.3 Å². The summed E-state index contributed by atoms with van der Waals surface area (Å²) in [5.74, 6) is 0.745. The van der Waals surface area contributed by atoms with Gasteiger partial charge in [0, 0.05) is 5.69 Å². The molecule has 0 fully saturated rings. The lowest BCUT2D eigenvalue weighted by Gasteiger charge is -2.06. The molecule has 6 heteroatoms. The molecule has 2 radical (unpaired) electrons. The van der Waals surface area contributed by atoms with E-state index in [0.717, 1.165) is 17.0 Å². The Hall–Kier alpha value is -2.05. The first kappa shape index (κ1) is 15.0. The Morgan fingerprint density at radius 1 is 1.12 bits per heavy atom. The smallest absolute Gasteiger partial charge is 0.130 e. The van der Waals surface area contributed by atoms with Gasteiger partial charge in [-0.25, -0.2) is 4.98 Å². The SMILES string of the molecule is O.O.[B]c1cccc(Nc2ccc(N)cn2)c1. The van der Waals surface area contributed by atoms with Crippen molar-refractivity contribution in [2.45, 2.75) is 0 Å². The number of nitrogens with zero attached hydrogens (tertiary/aromatic N) is 1. The molecule has 0 unspecified atom stereocenters. The van der Waals surface area contributed by atoms with Crippen LogP contribution in [0.15, 0.2) is 42.6 Å². The fraction of sp³-hybridized carbons (Fsp3) is 0. The zero-order chi connectivity index (χ0) is 10.7. The molecule has 0 aliphatic rings. The summed E-state index contributed by atoms with van der Waals surface area (Å²) in [6, 6.07) is 11.1. The van der Waals surface area contributed by atoms with Crippen molar-refractivity contribution in [2.75, 3.05) is 11.1 Å². The van der Waals surface area contributed by atoms with Crippen LogP contribution >= 0.6 is 0 Å². The maximum Gasteiger partial charge on any atom is 0.130 e. The van der Waals surface area contributed by atoms with Crippen molar-refractivity contribution in [3.63, 3.8) is 0 Å². The van der Waals surface area contributed by atoms with Crippen molar-refractivity contribution in [3.05, 3.63) is 42.6 Å². The standard InChI is InChI=1S/C11H10BN3.2H2O/c12-8-2-1-3-10(6-8)15-11-5-4-9(13)7-14-11;;/h1-7H,13H2,(H,14,15);2*1H2. The Bertz CT molecular complexity index is 463. The molecule has 88 valence electrons. The van der Waals surface area contributed by atoms with Crippen molar-refractivity contribution in [3.8, 4) is 0 Å². The maximum atomic E-state index is 5.66. The Kier molecular flexibility index (Phi) is 5.73. The number of hydrogen-bond acceptors (Lipinski definition) is 3. The maximum absolute atomic E-state index is 5.66. The van der Waals surface area contributed by atoms with Crippen LogP contribution in [0.4, 0.5) is 17.2 Å². The lowest BCUT2D eigenvalue weighted by Crippen LogP contribution is -2.03. The normalized spacial score (nSPS) is 8.71. The van der Waals surface area contributed by atoms with Gasteiger partial charge in [-0.3, -0.25) is 0 Å². The summed E-state index contributed by atoms with van der Waals surface area (Å²) in [6.07, 6.45) is 1.61. The summed E-state index contributed by atoms with van der Waals surface area (Å²) < 4.78 is 0. The van der Waals surface area contributed by atoms with E-state index in [9.17, 15) is 0 Å². The topological polar surface area (TPSA) is 114 Å². The molecule has 0 bridgehead atoms. The predicted octanol–water partition coefficient (Wildman–Crippen LogP) is -0.448. The van der Waals surface area contributed by atoms with Crippen LogP contribution < -0.4 is 16.5 Å². The van der Waals surface area contributed by atoms with Crippen LogP contribution in [-0.2, 0) is 0 Å². The van der Waals surface area contributed by atoms with Gasteiger partial charge < -0.3 is 22.0 Å². The first-order valence-corrected chi connectivity index (χ1v) is 4.58. The molecule has 0 spiro atoms. The lowest BCUT2D eigenvalue weighted by molar-refractivity contribution is 0.823. The van der Waals surface area contributed by atoms with E-state index in [1.165, 1.54) is 0 Å². The highest BCUT2D eigenvalue weighted by molar-refractivity contribution is 6.32. The van der Waals surface area contributed by atoms with E-state index < -0.39 is 0 Å². The van der Waals surface area contributed by atoms with E-state index in [4.69, 9.17) is 13.6 Å². The van der Waals surface area contributed by atoms with E-state index in [2.05, 4.69) is 10.3 Å². The monoisotopic (exact) mass is 231 g/mol. The minimum atomic E-state index is 0. The number of nitrogens with two attached hydrogens (primary N) is 1. The summed E-state index contributed by atoms with van der Waals surface area (Å²) in [5, 5.41) is 3.13. The zero-order valence-corrected chi connectivity index (χ0v) is 9.14. The van der Waals surface area contributed by atoms with Crippen LogP contribution in [0.2, 0.25) is 0 Å². The van der Waals surface area contributed by atoms with Crippen LogP contribution in [0.1, 0.15) is 0 Å². The summed E-state index contributed by atoms with van der Waals surface area (Å²) >= 11 is 0. The van der Waals surface area contributed by atoms with Gasteiger partial charge in [-0.2, -0.15) is 0 Å². The highest BCUT2D eigenvalue weighted by Gasteiger charge is 1.95. The van der Waals surface area contributed by atoms with E-state index in [1.54, 1.807) is 12.3 Å². The van der Waals surface area contributed by atoms with Gasteiger partial charge in [0.1, 0.15) is 13.7 Å². The molecule has 17 heavy (non-hydrogen) atoms. The van der Waals surface area contributed by atoms with Crippen LogP contribution in [0.25, 0.3) is 0 Å². The average molecular weight is 231 g/mol. The second-order valence-corrected chi connectivity index (χ2v) is 3.23.